The number of anilines is 1. The van der Waals surface area contributed by atoms with Gasteiger partial charge in [0.05, 0.1) is 6.21 Å². The minimum atomic E-state index is -0.812. The molecule has 1 saturated carbocycles. The predicted octanol–water partition coefficient (Wildman–Crippen LogP) is 6.05. The number of benzene rings is 2. The predicted molar refractivity (Wildman–Crippen MR) is 150 cm³/mol. The Bertz CT molecular complexity index is 1280. The highest BCUT2D eigenvalue weighted by Gasteiger charge is 2.69. The van der Waals surface area contributed by atoms with Gasteiger partial charge in [-0.2, -0.15) is 5.10 Å². The Hall–Kier alpha value is -2.98. The summed E-state index contributed by atoms with van der Waals surface area (Å²) >= 11 is 0. The van der Waals surface area contributed by atoms with E-state index >= 15 is 0 Å². The molecule has 4 aliphatic heterocycles. The second kappa shape index (κ2) is 10.4. The van der Waals surface area contributed by atoms with E-state index < -0.39 is 30.0 Å². The highest BCUT2D eigenvalue weighted by Crippen LogP contribution is 2.60. The number of nitrogens with one attached hydrogen (secondary N) is 2. The summed E-state index contributed by atoms with van der Waals surface area (Å²) in [6.07, 6.45) is 4.51. The SMILES string of the molecule is Cc1ccc(NC(=O)N/N=C/c2ccc(O[C@H]3O[C@@H]4O[C@@]5(C)CC[C@H]6[C@H](C)CC[C@@H]([C@H]3C)[C@@]46OO5)cc2)c(C)c1. The molecular weight excluding hydrogens is 510 g/mol. The van der Waals surface area contributed by atoms with Crippen LogP contribution in [0.4, 0.5) is 10.5 Å². The molecule has 2 aromatic carbocycles. The Morgan fingerprint density at radius 1 is 1.05 bits per heavy atom. The van der Waals surface area contributed by atoms with E-state index in [-0.39, 0.29) is 11.8 Å². The van der Waals surface area contributed by atoms with Crippen molar-refractivity contribution in [1.82, 2.24) is 5.43 Å². The topological polar surface area (TPSA) is 99.6 Å². The first-order chi connectivity index (χ1) is 19.2. The monoisotopic (exact) mass is 549 g/mol. The van der Waals surface area contributed by atoms with Gasteiger partial charge in [-0.3, -0.25) is 0 Å². The fraction of sp³-hybridized carbons (Fsp3) is 0.548. The molecule has 40 heavy (non-hydrogen) atoms. The summed E-state index contributed by atoms with van der Waals surface area (Å²) in [6, 6.07) is 13.0. The Labute approximate surface area is 235 Å². The third-order valence-corrected chi connectivity index (χ3v) is 9.24. The molecule has 5 fully saturated rings. The van der Waals surface area contributed by atoms with Gasteiger partial charge in [-0.25, -0.2) is 20.0 Å². The maximum Gasteiger partial charge on any atom is 0.339 e. The Morgan fingerprint density at radius 3 is 2.62 bits per heavy atom. The average Bonchev–Trinajstić information content (AvgIpc) is 3.15. The normalized spacial score (nSPS) is 36.5. The van der Waals surface area contributed by atoms with Gasteiger partial charge in [-0.15, -0.1) is 0 Å². The molecule has 8 atom stereocenters. The quantitative estimate of drug-likeness (QED) is 0.268. The third-order valence-electron chi connectivity index (χ3n) is 9.24. The molecule has 1 spiro atoms. The lowest BCUT2D eigenvalue weighted by Crippen LogP contribution is -2.70. The summed E-state index contributed by atoms with van der Waals surface area (Å²) in [6.45, 7) is 10.4. The van der Waals surface area contributed by atoms with Crippen molar-refractivity contribution >= 4 is 17.9 Å². The van der Waals surface area contributed by atoms with Crippen molar-refractivity contribution < 1.29 is 28.8 Å². The van der Waals surface area contributed by atoms with E-state index in [4.69, 9.17) is 24.0 Å². The number of carbonyl (C=O) groups is 1. The first kappa shape index (κ1) is 27.2. The molecular formula is C31H39N3O6. The number of hydrogen-bond donors (Lipinski definition) is 2. The number of ether oxygens (including phenoxy) is 3. The highest BCUT2D eigenvalue weighted by atomic mass is 17.3. The lowest BCUT2D eigenvalue weighted by atomic mass is 9.58. The van der Waals surface area contributed by atoms with Crippen molar-refractivity contribution in [2.24, 2.45) is 28.8 Å². The van der Waals surface area contributed by atoms with Crippen LogP contribution >= 0.6 is 0 Å². The number of amides is 2. The molecule has 7 rings (SSSR count). The van der Waals surface area contributed by atoms with Gasteiger partial charge < -0.3 is 19.5 Å². The lowest BCUT2D eigenvalue weighted by molar-refractivity contribution is -0.575. The molecule has 4 heterocycles. The summed E-state index contributed by atoms with van der Waals surface area (Å²) in [5.74, 6) is 0.997. The van der Waals surface area contributed by atoms with Crippen LogP contribution < -0.4 is 15.5 Å². The Morgan fingerprint density at radius 2 is 1.85 bits per heavy atom. The fourth-order valence-corrected chi connectivity index (χ4v) is 7.04. The van der Waals surface area contributed by atoms with Gasteiger partial charge in [0.15, 0.2) is 11.9 Å². The summed E-state index contributed by atoms with van der Waals surface area (Å²) in [5.41, 5.74) is 5.61. The number of carbonyl (C=O) groups excluding carboxylic acids is 1. The molecule has 5 aliphatic rings. The molecule has 9 nitrogen and oxygen atoms in total. The smallest absolute Gasteiger partial charge is 0.339 e. The maximum absolute atomic E-state index is 12.2. The molecule has 0 aromatic heterocycles. The zero-order chi connectivity index (χ0) is 28.1. The van der Waals surface area contributed by atoms with Gasteiger partial charge in [0, 0.05) is 23.9 Å². The molecule has 2 N–H and O–H groups in total. The van der Waals surface area contributed by atoms with Crippen molar-refractivity contribution in [2.45, 2.75) is 84.3 Å². The van der Waals surface area contributed by atoms with Crippen molar-refractivity contribution in [3.8, 4) is 5.75 Å². The second-order valence-corrected chi connectivity index (χ2v) is 12.1. The minimum Gasteiger partial charge on any atom is -0.465 e. The second-order valence-electron chi connectivity index (χ2n) is 12.1. The van der Waals surface area contributed by atoms with Crippen LogP contribution in [0.2, 0.25) is 0 Å². The van der Waals surface area contributed by atoms with Crippen LogP contribution in [0.15, 0.2) is 47.6 Å². The molecule has 4 saturated heterocycles. The highest BCUT2D eigenvalue weighted by molar-refractivity contribution is 5.91. The van der Waals surface area contributed by atoms with Gasteiger partial charge in [-0.1, -0.05) is 31.5 Å². The first-order valence-electron chi connectivity index (χ1n) is 14.3. The van der Waals surface area contributed by atoms with Crippen LogP contribution in [0.3, 0.4) is 0 Å². The van der Waals surface area contributed by atoms with E-state index in [0.29, 0.717) is 17.6 Å². The molecule has 214 valence electrons. The zero-order valence-corrected chi connectivity index (χ0v) is 23.8. The first-order valence-corrected chi connectivity index (χ1v) is 14.3. The third kappa shape index (κ3) is 4.89. The Kier molecular flexibility index (Phi) is 7.11. The number of aryl methyl sites for hydroxylation is 2. The van der Waals surface area contributed by atoms with Crippen LogP contribution in [0, 0.1) is 37.5 Å². The van der Waals surface area contributed by atoms with Crippen LogP contribution in [-0.4, -0.2) is 36.2 Å². The van der Waals surface area contributed by atoms with Gasteiger partial charge in [-0.05, 0) is 93.3 Å². The van der Waals surface area contributed by atoms with Gasteiger partial charge in [0.25, 0.3) is 0 Å². The lowest BCUT2D eigenvalue weighted by Gasteiger charge is -2.60. The molecule has 9 heteroatoms. The molecule has 0 unspecified atom stereocenters. The summed E-state index contributed by atoms with van der Waals surface area (Å²) in [5, 5.41) is 6.88. The van der Waals surface area contributed by atoms with Crippen molar-refractivity contribution in [3.63, 3.8) is 0 Å². The van der Waals surface area contributed by atoms with Gasteiger partial charge >= 0.3 is 6.03 Å². The van der Waals surface area contributed by atoms with Crippen molar-refractivity contribution in [2.75, 3.05) is 5.32 Å². The average molecular weight is 550 g/mol. The van der Waals surface area contributed by atoms with E-state index in [2.05, 4.69) is 29.7 Å². The summed E-state index contributed by atoms with van der Waals surface area (Å²) < 4.78 is 19.3. The van der Waals surface area contributed by atoms with Crippen LogP contribution in [-0.2, 0) is 19.2 Å². The number of hydrazone groups is 1. The maximum atomic E-state index is 12.2. The zero-order valence-electron chi connectivity index (χ0n) is 23.8. The van der Waals surface area contributed by atoms with Gasteiger partial charge in [0.2, 0.25) is 12.1 Å². The van der Waals surface area contributed by atoms with E-state index in [9.17, 15) is 4.79 Å². The minimum absolute atomic E-state index is 0.0852. The van der Waals surface area contributed by atoms with E-state index in [0.717, 1.165) is 48.1 Å². The Balaban J connectivity index is 1.09. The van der Waals surface area contributed by atoms with Crippen LogP contribution in [0.25, 0.3) is 0 Å². The van der Waals surface area contributed by atoms with E-state index in [1.165, 1.54) is 0 Å². The van der Waals surface area contributed by atoms with Gasteiger partial charge in [0.1, 0.15) is 5.75 Å². The number of urea groups is 1. The van der Waals surface area contributed by atoms with E-state index in [1.54, 1.807) is 6.21 Å². The van der Waals surface area contributed by atoms with E-state index in [1.807, 2.05) is 63.2 Å². The largest absolute Gasteiger partial charge is 0.465 e. The number of hydrogen-bond acceptors (Lipinski definition) is 7. The molecule has 2 aromatic rings. The van der Waals surface area contributed by atoms with Crippen LogP contribution in [0.1, 0.15) is 63.1 Å². The molecule has 2 bridgehead atoms. The summed E-state index contributed by atoms with van der Waals surface area (Å²) in [4.78, 5) is 24.3. The molecule has 2 amide bonds. The number of rotatable bonds is 5. The summed E-state index contributed by atoms with van der Waals surface area (Å²) in [7, 11) is 0. The molecule has 0 radical (unpaired) electrons. The molecule has 1 aliphatic carbocycles. The van der Waals surface area contributed by atoms with Crippen LogP contribution in [0.5, 0.6) is 5.75 Å². The standard InChI is InChI=1S/C31H39N3O6/c1-18-6-13-26(20(3)16-18)33-29(35)34-32-17-22-8-10-23(11-9-22)36-27-21(4)25-12-7-19(2)24-14-15-30(5)38-28(37-27)31(24,25)40-39-30/h6,8-11,13,16-17,19,21,24-25,27-28H,7,12,14-15H2,1-5H3,(H2,33,34,35)/b32-17+/t19-,21-,24+,25+,27+,28-,30-,31-/m1/s1. The number of nitrogens with zero attached hydrogens (tertiary/aromatic N) is 1. The van der Waals surface area contributed by atoms with Crippen molar-refractivity contribution in [1.29, 1.82) is 0 Å². The fourth-order valence-electron chi connectivity index (χ4n) is 7.04. The number of fused-ring (bicyclic) bond motifs is 2. The van der Waals surface area contributed by atoms with Crippen molar-refractivity contribution in [3.05, 3.63) is 59.2 Å².